The second-order valence-electron chi connectivity index (χ2n) is 7.68. The summed E-state index contributed by atoms with van der Waals surface area (Å²) in [7, 11) is 1.66. The second-order valence-corrected chi connectivity index (χ2v) is 7.68. The van der Waals surface area contributed by atoms with Crippen LogP contribution in [0.25, 0.3) is 27.8 Å². The molecule has 3 aromatic heterocycles. The van der Waals surface area contributed by atoms with E-state index >= 15 is 0 Å². The number of ether oxygens (including phenoxy) is 3. The molecule has 0 bridgehead atoms. The Labute approximate surface area is 181 Å². The number of hydrogen-bond donors (Lipinski definition) is 1. The molecule has 160 valence electrons. The molecule has 0 spiro atoms. The van der Waals surface area contributed by atoms with Crippen LogP contribution in [0.15, 0.2) is 55.0 Å². The van der Waals surface area contributed by atoms with E-state index in [-0.39, 0.29) is 0 Å². The summed E-state index contributed by atoms with van der Waals surface area (Å²) >= 11 is 0. The summed E-state index contributed by atoms with van der Waals surface area (Å²) in [4.78, 5) is 9.55. The Hall–Kier alpha value is -3.16. The van der Waals surface area contributed by atoms with Crippen LogP contribution in [0.2, 0.25) is 0 Å². The lowest BCUT2D eigenvalue weighted by molar-refractivity contribution is 0.146. The Morgan fingerprint density at radius 3 is 2.90 bits per heavy atom. The maximum Gasteiger partial charge on any atom is 0.149 e. The minimum atomic E-state index is 0.401. The number of methoxy groups -OCH3 is 1. The fourth-order valence-corrected chi connectivity index (χ4v) is 4.03. The van der Waals surface area contributed by atoms with Gasteiger partial charge in [0.05, 0.1) is 17.9 Å². The van der Waals surface area contributed by atoms with Crippen LogP contribution in [0, 0.1) is 0 Å². The fourth-order valence-electron chi connectivity index (χ4n) is 4.03. The van der Waals surface area contributed by atoms with E-state index in [1.54, 1.807) is 13.3 Å². The number of aromatic nitrogens is 3. The minimum absolute atomic E-state index is 0.401. The molecular weight excluding hydrogens is 392 g/mol. The summed E-state index contributed by atoms with van der Waals surface area (Å²) in [6.45, 7) is 2.67. The lowest BCUT2D eigenvalue weighted by atomic mass is 10.1. The van der Waals surface area contributed by atoms with Crippen LogP contribution in [0.3, 0.4) is 0 Å². The van der Waals surface area contributed by atoms with E-state index in [0.29, 0.717) is 25.9 Å². The molecule has 0 radical (unpaired) electrons. The SMILES string of the molecule is COCCOc1ccn2ccnc2c1-c1ccc2cccc(OC[C@H]3CCCN3)c2n1. The predicted molar refractivity (Wildman–Crippen MR) is 120 cm³/mol. The molecule has 4 aromatic rings. The monoisotopic (exact) mass is 418 g/mol. The zero-order chi connectivity index (χ0) is 21.0. The molecule has 7 nitrogen and oxygen atoms in total. The van der Waals surface area contributed by atoms with Crippen LogP contribution in [0.5, 0.6) is 11.5 Å². The molecule has 7 heteroatoms. The van der Waals surface area contributed by atoms with Crippen LogP contribution in [-0.4, -0.2) is 53.9 Å². The lowest BCUT2D eigenvalue weighted by Gasteiger charge is -2.15. The topological polar surface area (TPSA) is 69.9 Å². The largest absolute Gasteiger partial charge is 0.490 e. The van der Waals surface area contributed by atoms with Crippen molar-refractivity contribution in [2.75, 3.05) is 33.5 Å². The van der Waals surface area contributed by atoms with Crippen molar-refractivity contribution >= 4 is 16.6 Å². The predicted octanol–water partition coefficient (Wildman–Crippen LogP) is 3.71. The van der Waals surface area contributed by atoms with Crippen molar-refractivity contribution in [2.45, 2.75) is 18.9 Å². The first-order chi connectivity index (χ1) is 15.3. The van der Waals surface area contributed by atoms with Crippen LogP contribution in [0.4, 0.5) is 0 Å². The zero-order valence-electron chi connectivity index (χ0n) is 17.6. The number of hydrogen-bond acceptors (Lipinski definition) is 6. The van der Waals surface area contributed by atoms with Gasteiger partial charge in [-0.05, 0) is 37.6 Å². The van der Waals surface area contributed by atoms with Gasteiger partial charge in [-0.25, -0.2) is 9.97 Å². The highest BCUT2D eigenvalue weighted by Crippen LogP contribution is 2.35. The van der Waals surface area contributed by atoms with Crippen molar-refractivity contribution in [3.63, 3.8) is 0 Å². The summed E-state index contributed by atoms with van der Waals surface area (Å²) < 4.78 is 19.3. The van der Waals surface area contributed by atoms with E-state index in [1.807, 2.05) is 41.1 Å². The molecule has 1 aliphatic heterocycles. The van der Waals surface area contributed by atoms with Crippen molar-refractivity contribution < 1.29 is 14.2 Å². The molecule has 1 aromatic carbocycles. The van der Waals surface area contributed by atoms with Gasteiger partial charge in [0, 0.05) is 37.1 Å². The van der Waals surface area contributed by atoms with Gasteiger partial charge in [-0.15, -0.1) is 0 Å². The third-order valence-corrected chi connectivity index (χ3v) is 5.61. The summed E-state index contributed by atoms with van der Waals surface area (Å²) in [5.74, 6) is 1.53. The molecule has 0 amide bonds. The van der Waals surface area contributed by atoms with E-state index in [9.17, 15) is 0 Å². The number of rotatable bonds is 8. The third-order valence-electron chi connectivity index (χ3n) is 5.61. The Morgan fingerprint density at radius 2 is 2.03 bits per heavy atom. The number of nitrogens with zero attached hydrogens (tertiary/aromatic N) is 3. The van der Waals surface area contributed by atoms with E-state index in [1.165, 1.54) is 6.42 Å². The molecule has 1 saturated heterocycles. The lowest BCUT2D eigenvalue weighted by Crippen LogP contribution is -2.28. The number of benzene rings is 1. The molecule has 0 aliphatic carbocycles. The standard InChI is InChI=1S/C24H26N4O3/c1-29-14-15-30-20-9-12-28-13-11-26-24(28)22(20)19-8-7-17-4-2-6-21(23(17)27-19)31-16-18-5-3-10-25-18/h2,4,6-9,11-13,18,25H,3,5,10,14-16H2,1H3/t18-/m1/s1. The number of para-hydroxylation sites is 1. The first-order valence-corrected chi connectivity index (χ1v) is 10.7. The van der Waals surface area contributed by atoms with Gasteiger partial charge in [-0.3, -0.25) is 0 Å². The van der Waals surface area contributed by atoms with E-state index < -0.39 is 0 Å². The van der Waals surface area contributed by atoms with E-state index in [2.05, 4.69) is 22.4 Å². The van der Waals surface area contributed by atoms with Crippen LogP contribution in [0.1, 0.15) is 12.8 Å². The minimum Gasteiger partial charge on any atom is -0.490 e. The van der Waals surface area contributed by atoms with Crippen LogP contribution < -0.4 is 14.8 Å². The van der Waals surface area contributed by atoms with Gasteiger partial charge in [0.25, 0.3) is 0 Å². The van der Waals surface area contributed by atoms with Crippen molar-refractivity contribution in [3.8, 4) is 22.8 Å². The summed E-state index contributed by atoms with van der Waals surface area (Å²) in [5, 5.41) is 4.52. The number of pyridine rings is 2. The van der Waals surface area contributed by atoms with Crippen molar-refractivity contribution in [3.05, 3.63) is 55.0 Å². The van der Waals surface area contributed by atoms with Gasteiger partial charge in [0.1, 0.15) is 35.9 Å². The quantitative estimate of drug-likeness (QED) is 0.440. The Bertz CT molecular complexity index is 1180. The van der Waals surface area contributed by atoms with Gasteiger partial charge in [0.15, 0.2) is 0 Å². The van der Waals surface area contributed by atoms with E-state index in [4.69, 9.17) is 19.2 Å². The smallest absolute Gasteiger partial charge is 0.149 e. The average Bonchev–Trinajstić information content (AvgIpc) is 3.49. The molecule has 4 heterocycles. The molecule has 0 unspecified atom stereocenters. The highest BCUT2D eigenvalue weighted by atomic mass is 16.5. The maximum atomic E-state index is 6.18. The van der Waals surface area contributed by atoms with Gasteiger partial charge < -0.3 is 23.9 Å². The van der Waals surface area contributed by atoms with Crippen molar-refractivity contribution in [1.82, 2.24) is 19.7 Å². The average molecular weight is 418 g/mol. The Kier molecular flexibility index (Phi) is 5.69. The summed E-state index contributed by atoms with van der Waals surface area (Å²) in [6, 6.07) is 12.5. The van der Waals surface area contributed by atoms with Crippen LogP contribution >= 0.6 is 0 Å². The van der Waals surface area contributed by atoms with Gasteiger partial charge in [-0.1, -0.05) is 18.2 Å². The first-order valence-electron chi connectivity index (χ1n) is 10.7. The summed E-state index contributed by atoms with van der Waals surface area (Å²) in [6.07, 6.45) is 7.99. The van der Waals surface area contributed by atoms with Crippen LogP contribution in [-0.2, 0) is 4.74 Å². The Balaban J connectivity index is 1.55. The van der Waals surface area contributed by atoms with Gasteiger partial charge >= 0.3 is 0 Å². The molecular formula is C24H26N4O3. The third kappa shape index (κ3) is 4.06. The second kappa shape index (κ2) is 8.91. The fraction of sp³-hybridized carbons (Fsp3) is 0.333. The van der Waals surface area contributed by atoms with Gasteiger partial charge in [0.2, 0.25) is 0 Å². The van der Waals surface area contributed by atoms with Crippen molar-refractivity contribution in [1.29, 1.82) is 0 Å². The molecule has 0 saturated carbocycles. The number of imidazole rings is 1. The molecule has 5 rings (SSSR count). The van der Waals surface area contributed by atoms with Crippen molar-refractivity contribution in [2.24, 2.45) is 0 Å². The normalized spacial score (nSPS) is 16.2. The molecule has 1 atom stereocenters. The first kappa shape index (κ1) is 19.8. The van der Waals surface area contributed by atoms with E-state index in [0.717, 1.165) is 52.3 Å². The number of fused-ring (bicyclic) bond motifs is 2. The highest BCUT2D eigenvalue weighted by molar-refractivity contribution is 5.89. The molecule has 1 fully saturated rings. The molecule has 31 heavy (non-hydrogen) atoms. The van der Waals surface area contributed by atoms with Gasteiger partial charge in [-0.2, -0.15) is 0 Å². The molecule has 1 aliphatic rings. The molecule has 1 N–H and O–H groups in total. The number of nitrogens with one attached hydrogen (secondary N) is 1. The maximum absolute atomic E-state index is 6.18. The Morgan fingerprint density at radius 1 is 1.06 bits per heavy atom. The summed E-state index contributed by atoms with van der Waals surface area (Å²) in [5.41, 5.74) is 3.30. The zero-order valence-corrected chi connectivity index (χ0v) is 17.6. The highest BCUT2D eigenvalue weighted by Gasteiger charge is 2.18.